The number of aliphatic hydroxyl groups is 3. The Labute approximate surface area is 316 Å². The molecule has 1 heterocycles. The summed E-state index contributed by atoms with van der Waals surface area (Å²) in [5, 5.41) is 30.5. The smallest absolute Gasteiger partial charge is 0.397 e. The number of esters is 1. The fraction of sp³-hybridized carbons (Fsp3) is 0.974. The highest BCUT2D eigenvalue weighted by Crippen LogP contribution is 2.26. The van der Waals surface area contributed by atoms with Gasteiger partial charge in [0.25, 0.3) is 0 Å². The summed E-state index contributed by atoms with van der Waals surface area (Å²) in [4.78, 5) is 12.8. The number of hydrogen-bond donors (Lipinski definition) is 4. The SMILES string of the molecule is CCCCCCCCCCCCCCCOCC(COC1OC(CO)C(O)C(OS(=O)(=O)O)C1O)OC(=O)CCCCCCCCCCCCCC. The van der Waals surface area contributed by atoms with E-state index in [9.17, 15) is 28.5 Å². The van der Waals surface area contributed by atoms with E-state index in [0.29, 0.717) is 13.0 Å². The zero-order valence-corrected chi connectivity index (χ0v) is 33.5. The van der Waals surface area contributed by atoms with Gasteiger partial charge in [0.2, 0.25) is 0 Å². The quantitative estimate of drug-likeness (QED) is 0.0277. The van der Waals surface area contributed by atoms with E-state index in [1.807, 2.05) is 0 Å². The van der Waals surface area contributed by atoms with Gasteiger partial charge in [0.1, 0.15) is 30.5 Å². The van der Waals surface area contributed by atoms with Crippen molar-refractivity contribution in [1.29, 1.82) is 0 Å². The third-order valence-electron chi connectivity index (χ3n) is 9.73. The highest BCUT2D eigenvalue weighted by molar-refractivity contribution is 7.80. The monoisotopic (exact) mass is 769 g/mol. The van der Waals surface area contributed by atoms with Gasteiger partial charge < -0.3 is 34.3 Å². The summed E-state index contributed by atoms with van der Waals surface area (Å²) in [6.45, 7) is 4.00. The molecule has 1 fully saturated rings. The van der Waals surface area contributed by atoms with Gasteiger partial charge in [-0.15, -0.1) is 0 Å². The molecule has 0 saturated carbocycles. The zero-order valence-electron chi connectivity index (χ0n) is 32.6. The summed E-state index contributed by atoms with van der Waals surface area (Å²) < 4.78 is 58.9. The second kappa shape index (κ2) is 32.4. The maximum absolute atomic E-state index is 12.8. The molecule has 13 heteroatoms. The van der Waals surface area contributed by atoms with Crippen molar-refractivity contribution >= 4 is 16.4 Å². The molecule has 0 bridgehead atoms. The van der Waals surface area contributed by atoms with Crippen molar-refractivity contribution in [1.82, 2.24) is 0 Å². The zero-order chi connectivity index (χ0) is 38.3. The maximum atomic E-state index is 12.8. The lowest BCUT2D eigenvalue weighted by Crippen LogP contribution is -2.60. The predicted molar refractivity (Wildman–Crippen MR) is 202 cm³/mol. The molecule has 52 heavy (non-hydrogen) atoms. The van der Waals surface area contributed by atoms with Crippen molar-refractivity contribution in [2.45, 2.75) is 218 Å². The van der Waals surface area contributed by atoms with Crippen molar-refractivity contribution in [3.63, 3.8) is 0 Å². The first kappa shape index (κ1) is 49.1. The highest BCUT2D eigenvalue weighted by Gasteiger charge is 2.48. The van der Waals surface area contributed by atoms with Gasteiger partial charge in [0, 0.05) is 13.0 Å². The van der Waals surface area contributed by atoms with Gasteiger partial charge in [-0.05, 0) is 12.8 Å². The summed E-state index contributed by atoms with van der Waals surface area (Å²) in [6.07, 6.45) is 21.4. The molecule has 6 atom stereocenters. The minimum absolute atomic E-state index is 0.0439. The van der Waals surface area contributed by atoms with Crippen molar-refractivity contribution in [3.8, 4) is 0 Å². The molecule has 310 valence electrons. The molecule has 0 amide bonds. The molecule has 4 N–H and O–H groups in total. The van der Waals surface area contributed by atoms with E-state index in [2.05, 4.69) is 18.0 Å². The number of carbonyl (C=O) groups is 1. The molecule has 0 aromatic carbocycles. The van der Waals surface area contributed by atoms with Gasteiger partial charge >= 0.3 is 16.4 Å². The Morgan fingerprint density at radius 3 is 1.54 bits per heavy atom. The third-order valence-corrected chi connectivity index (χ3v) is 10.2. The average molecular weight is 769 g/mol. The Kier molecular flexibility index (Phi) is 30.6. The van der Waals surface area contributed by atoms with Crippen molar-refractivity contribution < 1.29 is 56.2 Å². The van der Waals surface area contributed by atoms with E-state index < -0.39 is 59.8 Å². The van der Waals surface area contributed by atoms with E-state index in [4.69, 9.17) is 23.5 Å². The Morgan fingerprint density at radius 2 is 1.10 bits per heavy atom. The molecule has 12 nitrogen and oxygen atoms in total. The van der Waals surface area contributed by atoms with Gasteiger partial charge in [-0.3, -0.25) is 9.35 Å². The van der Waals surface area contributed by atoms with Crippen LogP contribution in [-0.2, 0) is 38.3 Å². The van der Waals surface area contributed by atoms with Crippen LogP contribution in [0.4, 0.5) is 0 Å². The van der Waals surface area contributed by atoms with E-state index in [1.54, 1.807) is 0 Å². The minimum atomic E-state index is -5.05. The van der Waals surface area contributed by atoms with Crippen LogP contribution < -0.4 is 0 Å². The number of rotatable bonds is 36. The molecule has 0 aliphatic carbocycles. The number of hydrogen-bond acceptors (Lipinski definition) is 11. The summed E-state index contributed by atoms with van der Waals surface area (Å²) >= 11 is 0. The lowest BCUT2D eigenvalue weighted by atomic mass is 9.99. The lowest BCUT2D eigenvalue weighted by Gasteiger charge is -2.41. The van der Waals surface area contributed by atoms with Crippen LogP contribution in [0.15, 0.2) is 0 Å². The maximum Gasteiger partial charge on any atom is 0.397 e. The molecule has 0 radical (unpaired) electrons. The van der Waals surface area contributed by atoms with E-state index in [-0.39, 0.29) is 19.6 Å². The molecule has 1 aliphatic rings. The molecule has 0 aromatic heterocycles. The van der Waals surface area contributed by atoms with Gasteiger partial charge in [-0.2, -0.15) is 8.42 Å². The van der Waals surface area contributed by atoms with Gasteiger partial charge in [0.15, 0.2) is 6.29 Å². The van der Waals surface area contributed by atoms with Crippen LogP contribution in [0.5, 0.6) is 0 Å². The average Bonchev–Trinajstić information content (AvgIpc) is 3.11. The first-order chi connectivity index (χ1) is 25.1. The Morgan fingerprint density at radius 1 is 0.654 bits per heavy atom. The van der Waals surface area contributed by atoms with Crippen LogP contribution in [-0.4, -0.2) is 97.5 Å². The van der Waals surface area contributed by atoms with E-state index in [0.717, 1.165) is 38.5 Å². The molecule has 1 saturated heterocycles. The van der Waals surface area contributed by atoms with E-state index in [1.165, 1.54) is 116 Å². The van der Waals surface area contributed by atoms with Gasteiger partial charge in [-0.25, -0.2) is 4.18 Å². The summed E-state index contributed by atoms with van der Waals surface area (Å²) in [5.74, 6) is -0.397. The highest BCUT2D eigenvalue weighted by atomic mass is 32.3. The van der Waals surface area contributed by atoms with Crippen molar-refractivity contribution in [2.75, 3.05) is 26.4 Å². The van der Waals surface area contributed by atoms with Crippen molar-refractivity contribution in [2.24, 2.45) is 0 Å². The van der Waals surface area contributed by atoms with Crippen LogP contribution in [0.1, 0.15) is 181 Å². The van der Waals surface area contributed by atoms with Crippen molar-refractivity contribution in [3.05, 3.63) is 0 Å². The second-order valence-corrected chi connectivity index (χ2v) is 15.6. The molecular weight excluding hydrogens is 692 g/mol. The fourth-order valence-corrected chi connectivity index (χ4v) is 7.06. The Bertz CT molecular complexity index is 936. The minimum Gasteiger partial charge on any atom is -0.457 e. The summed E-state index contributed by atoms with van der Waals surface area (Å²) in [7, 11) is -5.05. The van der Waals surface area contributed by atoms with Gasteiger partial charge in [-0.1, -0.05) is 162 Å². The topological polar surface area (TPSA) is 178 Å². The normalized spacial score (nSPS) is 21.4. The predicted octanol–water partition coefficient (Wildman–Crippen LogP) is 7.74. The fourth-order valence-electron chi connectivity index (χ4n) is 6.56. The second-order valence-electron chi connectivity index (χ2n) is 14.6. The molecule has 0 aromatic rings. The third kappa shape index (κ3) is 26.0. The van der Waals surface area contributed by atoms with E-state index >= 15 is 0 Å². The number of ether oxygens (including phenoxy) is 4. The molecular formula is C39H76O12S. The molecule has 6 unspecified atom stereocenters. The lowest BCUT2D eigenvalue weighted by molar-refractivity contribution is -0.301. The largest absolute Gasteiger partial charge is 0.457 e. The molecule has 0 spiro atoms. The van der Waals surface area contributed by atoms with Crippen LogP contribution in [0.3, 0.4) is 0 Å². The first-order valence-electron chi connectivity index (χ1n) is 20.8. The van der Waals surface area contributed by atoms with Crippen LogP contribution in [0, 0.1) is 0 Å². The number of aliphatic hydroxyl groups excluding tert-OH is 3. The standard InChI is InChI=1S/C39H76O12S/c1-3-5-7-9-11-13-15-17-19-21-23-25-27-29-47-31-33(49-35(41)28-26-24-22-20-18-16-14-12-10-8-6-4-2)32-48-39-37(43)38(51-52(44,45)46)36(42)34(30-40)50-39/h33-34,36-40,42-43H,3-32H2,1-2H3,(H,44,45,46). The van der Waals surface area contributed by atoms with Crippen LogP contribution >= 0.6 is 0 Å². The Balaban J connectivity index is 2.47. The molecule has 1 rings (SSSR count). The van der Waals surface area contributed by atoms with Gasteiger partial charge in [0.05, 0.1) is 19.8 Å². The summed E-state index contributed by atoms with van der Waals surface area (Å²) in [6, 6.07) is 0. The van der Waals surface area contributed by atoms with Crippen LogP contribution in [0.25, 0.3) is 0 Å². The number of unbranched alkanes of at least 4 members (excludes halogenated alkanes) is 23. The van der Waals surface area contributed by atoms with Crippen LogP contribution in [0.2, 0.25) is 0 Å². The first-order valence-corrected chi connectivity index (χ1v) is 22.2. The number of carbonyl (C=O) groups excluding carboxylic acids is 1. The summed E-state index contributed by atoms with van der Waals surface area (Å²) in [5.41, 5.74) is 0. The Hall–Kier alpha value is -0.900. The molecule has 1 aliphatic heterocycles.